The average molecular weight is 422 g/mol. The van der Waals surface area contributed by atoms with Gasteiger partial charge in [-0.2, -0.15) is 0 Å². The Hall–Kier alpha value is -2.51. The molecule has 0 aliphatic heterocycles. The van der Waals surface area contributed by atoms with Crippen LogP contribution in [0.15, 0.2) is 72.8 Å². The number of methoxy groups -OCH3 is 1. The SMILES string of the molecule is CCC(C)(Pc1ccccc1N(C)C)c1cc(OC)ccc1OCc1ccccc1. The summed E-state index contributed by atoms with van der Waals surface area (Å²) in [7, 11) is 6.53. The van der Waals surface area contributed by atoms with Crippen LogP contribution in [0.1, 0.15) is 31.4 Å². The third kappa shape index (κ3) is 5.15. The monoisotopic (exact) mass is 421 g/mol. The van der Waals surface area contributed by atoms with Crippen molar-refractivity contribution in [1.29, 1.82) is 0 Å². The highest BCUT2D eigenvalue weighted by Gasteiger charge is 2.30. The summed E-state index contributed by atoms with van der Waals surface area (Å²) in [6, 6.07) is 25.2. The Labute approximate surface area is 182 Å². The predicted octanol–water partition coefficient (Wildman–Crippen LogP) is 5.97. The normalized spacial score (nSPS) is 13.2. The molecule has 0 aromatic heterocycles. The molecule has 0 aliphatic carbocycles. The van der Waals surface area contributed by atoms with E-state index < -0.39 is 0 Å². The van der Waals surface area contributed by atoms with Gasteiger partial charge in [-0.15, -0.1) is 0 Å². The van der Waals surface area contributed by atoms with Gasteiger partial charge in [0.25, 0.3) is 0 Å². The van der Waals surface area contributed by atoms with Gasteiger partial charge in [0.1, 0.15) is 18.1 Å². The van der Waals surface area contributed by atoms with Crippen molar-refractivity contribution in [3.05, 3.63) is 83.9 Å². The van der Waals surface area contributed by atoms with Gasteiger partial charge in [0.2, 0.25) is 0 Å². The maximum Gasteiger partial charge on any atom is 0.124 e. The summed E-state index contributed by atoms with van der Waals surface area (Å²) in [5.41, 5.74) is 3.63. The van der Waals surface area contributed by atoms with Crippen LogP contribution in [0.25, 0.3) is 0 Å². The molecule has 3 nitrogen and oxygen atoms in total. The number of benzene rings is 3. The number of hydrogen-bond donors (Lipinski definition) is 0. The third-order valence-corrected chi connectivity index (χ3v) is 7.39. The van der Waals surface area contributed by atoms with Crippen LogP contribution in [0.5, 0.6) is 11.5 Å². The van der Waals surface area contributed by atoms with Crippen molar-refractivity contribution >= 4 is 19.6 Å². The van der Waals surface area contributed by atoms with E-state index in [-0.39, 0.29) is 5.16 Å². The highest BCUT2D eigenvalue weighted by molar-refractivity contribution is 7.49. The molecule has 3 aromatic rings. The number of ether oxygens (including phenoxy) is 2. The zero-order valence-electron chi connectivity index (χ0n) is 18.6. The first-order valence-electron chi connectivity index (χ1n) is 10.4. The molecule has 0 saturated heterocycles. The first-order chi connectivity index (χ1) is 14.5. The molecule has 0 spiro atoms. The van der Waals surface area contributed by atoms with E-state index in [0.717, 1.165) is 23.5 Å². The maximum atomic E-state index is 6.32. The number of anilines is 1. The van der Waals surface area contributed by atoms with E-state index in [2.05, 4.69) is 75.3 Å². The lowest BCUT2D eigenvalue weighted by Crippen LogP contribution is -2.23. The summed E-state index contributed by atoms with van der Waals surface area (Å²) in [5, 5.41) is 1.30. The molecule has 30 heavy (non-hydrogen) atoms. The molecular weight excluding hydrogens is 389 g/mol. The van der Waals surface area contributed by atoms with E-state index in [9.17, 15) is 0 Å². The molecule has 158 valence electrons. The summed E-state index contributed by atoms with van der Waals surface area (Å²) in [6.07, 6.45) is 1.00. The van der Waals surface area contributed by atoms with Crippen molar-refractivity contribution in [2.45, 2.75) is 32.0 Å². The van der Waals surface area contributed by atoms with Crippen LogP contribution in [0.2, 0.25) is 0 Å². The highest BCUT2D eigenvalue weighted by Crippen LogP contribution is 2.49. The van der Waals surface area contributed by atoms with Crippen LogP contribution in [-0.4, -0.2) is 21.2 Å². The van der Waals surface area contributed by atoms with Crippen LogP contribution >= 0.6 is 8.58 Å². The minimum atomic E-state index is -0.0628. The van der Waals surface area contributed by atoms with Gasteiger partial charge in [-0.3, -0.25) is 0 Å². The molecule has 0 aliphatic rings. The number of rotatable bonds is 9. The Kier molecular flexibility index (Phi) is 7.39. The Morgan fingerprint density at radius 1 is 0.933 bits per heavy atom. The first-order valence-corrected chi connectivity index (χ1v) is 11.4. The second kappa shape index (κ2) is 10.00. The molecule has 2 unspecified atom stereocenters. The Bertz CT molecular complexity index is 958. The van der Waals surface area contributed by atoms with Gasteiger partial charge in [0.15, 0.2) is 0 Å². The van der Waals surface area contributed by atoms with Crippen LogP contribution < -0.4 is 19.7 Å². The molecule has 0 heterocycles. The van der Waals surface area contributed by atoms with Crippen molar-refractivity contribution in [1.82, 2.24) is 0 Å². The standard InChI is InChI=1S/C26H32NO2P/c1-6-26(2,30-25-15-11-10-14-23(25)27(3)4)22-18-21(28-5)16-17-24(22)29-19-20-12-8-7-9-13-20/h7-18,30H,6,19H2,1-5H3. The van der Waals surface area contributed by atoms with Gasteiger partial charge in [-0.05, 0) is 41.6 Å². The van der Waals surface area contributed by atoms with Crippen molar-refractivity contribution in [3.63, 3.8) is 0 Å². The Morgan fingerprint density at radius 3 is 2.30 bits per heavy atom. The summed E-state index contributed by atoms with van der Waals surface area (Å²) in [4.78, 5) is 2.19. The van der Waals surface area contributed by atoms with Crippen LogP contribution in [0.3, 0.4) is 0 Å². The summed E-state index contributed by atoms with van der Waals surface area (Å²) in [6.45, 7) is 5.14. The van der Waals surface area contributed by atoms with Gasteiger partial charge >= 0.3 is 0 Å². The van der Waals surface area contributed by atoms with Gasteiger partial charge < -0.3 is 14.4 Å². The molecule has 3 rings (SSSR count). The summed E-state index contributed by atoms with van der Waals surface area (Å²) < 4.78 is 11.9. The molecule has 0 saturated carbocycles. The lowest BCUT2D eigenvalue weighted by atomic mass is 9.96. The van der Waals surface area contributed by atoms with Crippen molar-refractivity contribution in [2.24, 2.45) is 0 Å². The third-order valence-electron chi connectivity index (χ3n) is 5.52. The molecule has 0 bridgehead atoms. The van der Waals surface area contributed by atoms with Gasteiger partial charge in [0.05, 0.1) is 7.11 Å². The minimum Gasteiger partial charge on any atom is -0.497 e. The summed E-state index contributed by atoms with van der Waals surface area (Å²) in [5.74, 6) is 1.79. The van der Waals surface area contributed by atoms with Crippen LogP contribution in [-0.2, 0) is 11.8 Å². The van der Waals surface area contributed by atoms with Gasteiger partial charge in [-0.1, -0.05) is 71.0 Å². The largest absolute Gasteiger partial charge is 0.497 e. The van der Waals surface area contributed by atoms with E-state index in [4.69, 9.17) is 9.47 Å². The van der Waals surface area contributed by atoms with Crippen LogP contribution in [0.4, 0.5) is 5.69 Å². The zero-order valence-corrected chi connectivity index (χ0v) is 19.6. The first kappa shape index (κ1) is 22.2. The Morgan fingerprint density at radius 2 is 1.63 bits per heavy atom. The van der Waals surface area contributed by atoms with E-state index in [0.29, 0.717) is 15.2 Å². The van der Waals surface area contributed by atoms with Crippen molar-refractivity contribution < 1.29 is 9.47 Å². The fourth-order valence-corrected chi connectivity index (χ4v) is 5.26. The fourth-order valence-electron chi connectivity index (χ4n) is 3.54. The fraction of sp³-hybridized carbons (Fsp3) is 0.308. The molecule has 2 atom stereocenters. The Balaban J connectivity index is 1.97. The molecule has 0 fully saturated rings. The molecular formula is C26H32NO2P. The average Bonchev–Trinajstić information content (AvgIpc) is 2.78. The lowest BCUT2D eigenvalue weighted by molar-refractivity contribution is 0.299. The second-order valence-corrected chi connectivity index (χ2v) is 9.75. The molecule has 4 heteroatoms. The molecule has 0 N–H and O–H groups in total. The van der Waals surface area contributed by atoms with Crippen LogP contribution in [0, 0.1) is 0 Å². The van der Waals surface area contributed by atoms with Gasteiger partial charge in [0, 0.05) is 30.5 Å². The number of nitrogens with zero attached hydrogens (tertiary/aromatic N) is 1. The highest BCUT2D eigenvalue weighted by atomic mass is 31.1. The molecule has 0 amide bonds. The zero-order chi connectivity index (χ0) is 21.6. The van der Waals surface area contributed by atoms with Crippen molar-refractivity contribution in [3.8, 4) is 11.5 Å². The predicted molar refractivity (Wildman–Crippen MR) is 130 cm³/mol. The van der Waals surface area contributed by atoms with Crippen molar-refractivity contribution in [2.75, 3.05) is 26.1 Å². The second-order valence-electron chi connectivity index (χ2n) is 7.86. The molecule has 0 radical (unpaired) electrons. The number of hydrogen-bond acceptors (Lipinski definition) is 3. The van der Waals surface area contributed by atoms with E-state index in [1.807, 2.05) is 30.3 Å². The van der Waals surface area contributed by atoms with E-state index in [1.165, 1.54) is 16.6 Å². The van der Waals surface area contributed by atoms with E-state index in [1.54, 1.807) is 7.11 Å². The summed E-state index contributed by atoms with van der Waals surface area (Å²) >= 11 is 0. The smallest absolute Gasteiger partial charge is 0.124 e. The minimum absolute atomic E-state index is 0.0628. The van der Waals surface area contributed by atoms with Gasteiger partial charge in [-0.25, -0.2) is 0 Å². The topological polar surface area (TPSA) is 21.7 Å². The lowest BCUT2D eigenvalue weighted by Gasteiger charge is -2.32. The quantitative estimate of drug-likeness (QED) is 0.397. The van der Waals surface area contributed by atoms with E-state index >= 15 is 0 Å². The number of para-hydroxylation sites is 1. The molecule has 3 aromatic carbocycles. The maximum absolute atomic E-state index is 6.32.